The molecule has 0 atom stereocenters. The van der Waals surface area contributed by atoms with E-state index in [1.54, 1.807) is 54.6 Å². The minimum atomic E-state index is -4.04. The zero-order valence-corrected chi connectivity index (χ0v) is 19.7. The van der Waals surface area contributed by atoms with Crippen LogP contribution in [0.3, 0.4) is 0 Å². The van der Waals surface area contributed by atoms with E-state index in [1.807, 2.05) is 0 Å². The Labute approximate surface area is 201 Å². The third-order valence-electron chi connectivity index (χ3n) is 4.92. The van der Waals surface area contributed by atoms with E-state index in [1.165, 1.54) is 12.1 Å². The quantitative estimate of drug-likeness (QED) is 0.516. The van der Waals surface area contributed by atoms with Gasteiger partial charge in [-0.25, -0.2) is 8.42 Å². The van der Waals surface area contributed by atoms with E-state index in [0.29, 0.717) is 40.3 Å². The van der Waals surface area contributed by atoms with Gasteiger partial charge in [-0.2, -0.15) is 0 Å². The molecule has 3 aromatic rings. The summed E-state index contributed by atoms with van der Waals surface area (Å²) in [6, 6.07) is 17.6. The van der Waals surface area contributed by atoms with Gasteiger partial charge in [0.2, 0.25) is 5.91 Å². The number of halogens is 2. The van der Waals surface area contributed by atoms with Crippen molar-refractivity contribution in [3.63, 3.8) is 0 Å². The molecule has 4 rings (SSSR count). The second-order valence-corrected chi connectivity index (χ2v) is 9.87. The van der Waals surface area contributed by atoms with Crippen LogP contribution >= 0.6 is 23.2 Å². The number of nitrogens with one attached hydrogen (secondary N) is 1. The van der Waals surface area contributed by atoms with Gasteiger partial charge >= 0.3 is 0 Å². The number of rotatable bonds is 7. The van der Waals surface area contributed by atoms with Crippen LogP contribution in [-0.4, -0.2) is 34.1 Å². The first-order valence-electron chi connectivity index (χ1n) is 10.0. The molecule has 1 aliphatic heterocycles. The van der Waals surface area contributed by atoms with E-state index in [9.17, 15) is 13.2 Å². The van der Waals surface area contributed by atoms with Crippen LogP contribution in [0.5, 0.6) is 11.5 Å². The van der Waals surface area contributed by atoms with Gasteiger partial charge in [0.05, 0.1) is 10.6 Å². The van der Waals surface area contributed by atoms with Crippen LogP contribution in [0.15, 0.2) is 71.6 Å². The second-order valence-electron chi connectivity index (χ2n) is 7.17. The second kappa shape index (κ2) is 9.91. The predicted octanol–water partition coefficient (Wildman–Crippen LogP) is 4.28. The first-order chi connectivity index (χ1) is 15.8. The number of amides is 1. The van der Waals surface area contributed by atoms with Gasteiger partial charge in [-0.05, 0) is 42.0 Å². The molecule has 0 unspecified atom stereocenters. The van der Waals surface area contributed by atoms with Crippen molar-refractivity contribution in [2.45, 2.75) is 11.4 Å². The molecular weight excluding hydrogens is 487 g/mol. The SMILES string of the molecule is O=C(CN(c1ccc2c(c1)OCCO2)S(=O)(=O)c1ccccc1)NCc1ccc(Cl)cc1Cl. The standard InChI is InChI=1S/C23H20Cl2N2O5S/c24-17-7-6-16(20(25)12-17)14-26-23(28)15-27(33(29,30)19-4-2-1-3-5-19)18-8-9-21-22(13-18)32-11-10-31-21/h1-9,12-13H,10-11,14-15H2,(H,26,28). The van der Waals surface area contributed by atoms with E-state index in [2.05, 4.69) is 5.32 Å². The molecule has 3 aromatic carbocycles. The smallest absolute Gasteiger partial charge is 0.264 e. The fourth-order valence-electron chi connectivity index (χ4n) is 3.27. The number of hydrogen-bond acceptors (Lipinski definition) is 5. The summed E-state index contributed by atoms with van der Waals surface area (Å²) in [6.45, 7) is 0.440. The van der Waals surface area contributed by atoms with Crippen molar-refractivity contribution in [3.05, 3.63) is 82.3 Å². The summed E-state index contributed by atoms with van der Waals surface area (Å²) in [6.07, 6.45) is 0. The highest BCUT2D eigenvalue weighted by atomic mass is 35.5. The Morgan fingerprint density at radius 3 is 2.39 bits per heavy atom. The minimum Gasteiger partial charge on any atom is -0.486 e. The normalized spacial score (nSPS) is 12.8. The molecule has 0 saturated heterocycles. The number of ether oxygens (including phenoxy) is 2. The maximum absolute atomic E-state index is 13.4. The maximum Gasteiger partial charge on any atom is 0.264 e. The van der Waals surface area contributed by atoms with Crippen LogP contribution in [0.25, 0.3) is 0 Å². The molecular formula is C23H20Cl2N2O5S. The summed E-state index contributed by atoms with van der Waals surface area (Å²) in [4.78, 5) is 12.9. The highest BCUT2D eigenvalue weighted by molar-refractivity contribution is 7.92. The molecule has 1 aliphatic rings. The Hall–Kier alpha value is -2.94. The number of anilines is 1. The molecule has 0 aliphatic carbocycles. The lowest BCUT2D eigenvalue weighted by Gasteiger charge is -2.26. The minimum absolute atomic E-state index is 0.0634. The van der Waals surface area contributed by atoms with Gasteiger partial charge in [-0.1, -0.05) is 47.5 Å². The summed E-state index contributed by atoms with van der Waals surface area (Å²) in [5.74, 6) is 0.430. The summed E-state index contributed by atoms with van der Waals surface area (Å²) in [7, 11) is -4.04. The molecule has 10 heteroatoms. The van der Waals surface area contributed by atoms with Gasteiger partial charge in [0.25, 0.3) is 10.0 Å². The fraction of sp³-hybridized carbons (Fsp3) is 0.174. The zero-order chi connectivity index (χ0) is 23.4. The van der Waals surface area contributed by atoms with Gasteiger partial charge in [0, 0.05) is 22.7 Å². The summed E-state index contributed by atoms with van der Waals surface area (Å²) in [5.41, 5.74) is 0.939. The Kier molecular flexibility index (Phi) is 6.97. The van der Waals surface area contributed by atoms with Crippen LogP contribution in [0.1, 0.15) is 5.56 Å². The molecule has 0 radical (unpaired) electrons. The third kappa shape index (κ3) is 5.35. The van der Waals surface area contributed by atoms with Gasteiger partial charge < -0.3 is 14.8 Å². The van der Waals surface area contributed by atoms with Crippen molar-refractivity contribution >= 4 is 44.8 Å². The van der Waals surface area contributed by atoms with Crippen molar-refractivity contribution < 1.29 is 22.7 Å². The fourth-order valence-corrected chi connectivity index (χ4v) is 5.18. The topological polar surface area (TPSA) is 84.9 Å². The lowest BCUT2D eigenvalue weighted by atomic mass is 10.2. The molecule has 0 bridgehead atoms. The third-order valence-corrected chi connectivity index (χ3v) is 7.30. The number of fused-ring (bicyclic) bond motifs is 1. The van der Waals surface area contributed by atoms with Gasteiger partial charge in [-0.15, -0.1) is 0 Å². The van der Waals surface area contributed by atoms with Crippen LogP contribution in [-0.2, 0) is 21.4 Å². The monoisotopic (exact) mass is 506 g/mol. The van der Waals surface area contributed by atoms with Crippen LogP contribution in [0.2, 0.25) is 10.0 Å². The van der Waals surface area contributed by atoms with E-state index in [0.717, 1.165) is 4.31 Å². The molecule has 1 amide bonds. The number of hydrogen-bond donors (Lipinski definition) is 1. The molecule has 0 fully saturated rings. The van der Waals surface area contributed by atoms with Crippen molar-refractivity contribution in [2.75, 3.05) is 24.1 Å². The van der Waals surface area contributed by atoms with E-state index >= 15 is 0 Å². The Balaban J connectivity index is 1.61. The molecule has 0 saturated carbocycles. The van der Waals surface area contributed by atoms with E-state index in [-0.39, 0.29) is 17.1 Å². The molecule has 33 heavy (non-hydrogen) atoms. The Bertz CT molecular complexity index is 1270. The summed E-state index contributed by atoms with van der Waals surface area (Å²) in [5, 5.41) is 3.60. The van der Waals surface area contributed by atoms with Gasteiger partial charge in [0.15, 0.2) is 11.5 Å². The van der Waals surface area contributed by atoms with Crippen LogP contribution in [0, 0.1) is 0 Å². The van der Waals surface area contributed by atoms with Gasteiger partial charge in [0.1, 0.15) is 19.8 Å². The number of carbonyl (C=O) groups is 1. The lowest BCUT2D eigenvalue weighted by molar-refractivity contribution is -0.119. The number of carbonyl (C=O) groups excluding carboxylic acids is 1. The predicted molar refractivity (Wildman–Crippen MR) is 127 cm³/mol. The molecule has 7 nitrogen and oxygen atoms in total. The van der Waals surface area contributed by atoms with Crippen molar-refractivity contribution in [2.24, 2.45) is 0 Å². The van der Waals surface area contributed by atoms with Crippen LogP contribution in [0.4, 0.5) is 5.69 Å². The maximum atomic E-state index is 13.4. The summed E-state index contributed by atoms with van der Waals surface area (Å²) < 4.78 is 39.0. The highest BCUT2D eigenvalue weighted by Gasteiger charge is 2.28. The summed E-state index contributed by atoms with van der Waals surface area (Å²) >= 11 is 12.1. The molecule has 1 heterocycles. The van der Waals surface area contributed by atoms with Gasteiger partial charge in [-0.3, -0.25) is 9.10 Å². The molecule has 172 valence electrons. The van der Waals surface area contributed by atoms with E-state index in [4.69, 9.17) is 32.7 Å². The number of benzene rings is 3. The molecule has 1 N–H and O–H groups in total. The zero-order valence-electron chi connectivity index (χ0n) is 17.3. The highest BCUT2D eigenvalue weighted by Crippen LogP contribution is 2.35. The number of nitrogens with zero attached hydrogens (tertiary/aromatic N) is 1. The average molecular weight is 507 g/mol. The Morgan fingerprint density at radius 2 is 1.67 bits per heavy atom. The first kappa shape index (κ1) is 23.2. The lowest BCUT2D eigenvalue weighted by Crippen LogP contribution is -2.40. The molecule has 0 spiro atoms. The van der Waals surface area contributed by atoms with Crippen molar-refractivity contribution in [1.82, 2.24) is 5.32 Å². The van der Waals surface area contributed by atoms with Crippen molar-refractivity contribution in [3.8, 4) is 11.5 Å². The largest absolute Gasteiger partial charge is 0.486 e. The average Bonchev–Trinajstić information content (AvgIpc) is 2.82. The van der Waals surface area contributed by atoms with Crippen molar-refractivity contribution in [1.29, 1.82) is 0 Å². The first-order valence-corrected chi connectivity index (χ1v) is 12.2. The van der Waals surface area contributed by atoms with E-state index < -0.39 is 22.5 Å². The van der Waals surface area contributed by atoms with Crippen LogP contribution < -0.4 is 19.1 Å². The molecule has 0 aromatic heterocycles. The Morgan fingerprint density at radius 1 is 0.939 bits per heavy atom. The number of sulfonamides is 1.